The van der Waals surface area contributed by atoms with E-state index in [9.17, 15) is 9.59 Å². The van der Waals surface area contributed by atoms with Crippen molar-refractivity contribution in [2.75, 3.05) is 6.54 Å². The second-order valence-electron chi connectivity index (χ2n) is 5.23. The van der Waals surface area contributed by atoms with Gasteiger partial charge in [-0.25, -0.2) is 0 Å². The standard InChI is InChI=1S/C12H20N2O2/c1-2-9(11(13)16)14-8-12(7-10(14)15)5-3-4-6-12/h9H,2-8H2,1H3,(H2,13,16). The van der Waals surface area contributed by atoms with Crippen LogP contribution in [-0.4, -0.2) is 29.3 Å². The fraction of sp³-hybridized carbons (Fsp3) is 0.833. The Labute approximate surface area is 96.2 Å². The Morgan fingerprint density at radius 1 is 1.50 bits per heavy atom. The minimum Gasteiger partial charge on any atom is -0.368 e. The van der Waals surface area contributed by atoms with Gasteiger partial charge in [-0.1, -0.05) is 19.8 Å². The van der Waals surface area contributed by atoms with Crippen molar-refractivity contribution in [3.63, 3.8) is 0 Å². The van der Waals surface area contributed by atoms with Crippen LogP contribution in [0.2, 0.25) is 0 Å². The van der Waals surface area contributed by atoms with Crippen LogP contribution in [0.1, 0.15) is 45.4 Å². The predicted molar refractivity (Wildman–Crippen MR) is 60.5 cm³/mol. The Balaban J connectivity index is 2.12. The molecule has 1 heterocycles. The number of hydrogen-bond acceptors (Lipinski definition) is 2. The third kappa shape index (κ3) is 1.81. The largest absolute Gasteiger partial charge is 0.368 e. The summed E-state index contributed by atoms with van der Waals surface area (Å²) in [4.78, 5) is 25.0. The average molecular weight is 224 g/mol. The smallest absolute Gasteiger partial charge is 0.240 e. The van der Waals surface area contributed by atoms with Crippen LogP contribution in [0.5, 0.6) is 0 Å². The van der Waals surface area contributed by atoms with Crippen molar-refractivity contribution < 1.29 is 9.59 Å². The molecule has 0 aromatic carbocycles. The van der Waals surface area contributed by atoms with Crippen molar-refractivity contribution in [2.24, 2.45) is 11.1 Å². The number of amides is 2. The quantitative estimate of drug-likeness (QED) is 0.778. The van der Waals surface area contributed by atoms with Crippen molar-refractivity contribution in [1.29, 1.82) is 0 Å². The molecule has 0 aromatic rings. The second-order valence-corrected chi connectivity index (χ2v) is 5.23. The second kappa shape index (κ2) is 4.07. The van der Waals surface area contributed by atoms with Crippen molar-refractivity contribution in [2.45, 2.75) is 51.5 Å². The van der Waals surface area contributed by atoms with Gasteiger partial charge in [0.2, 0.25) is 11.8 Å². The molecule has 2 fully saturated rings. The zero-order chi connectivity index (χ0) is 11.8. The fourth-order valence-electron chi connectivity index (χ4n) is 3.25. The van der Waals surface area contributed by atoms with Crippen LogP contribution in [0.15, 0.2) is 0 Å². The van der Waals surface area contributed by atoms with Gasteiger partial charge < -0.3 is 10.6 Å². The van der Waals surface area contributed by atoms with Crippen LogP contribution in [0.4, 0.5) is 0 Å². The van der Waals surface area contributed by atoms with Crippen LogP contribution in [0.25, 0.3) is 0 Å². The highest BCUT2D eigenvalue weighted by Gasteiger charge is 2.47. The Morgan fingerprint density at radius 2 is 2.12 bits per heavy atom. The molecule has 2 rings (SSSR count). The summed E-state index contributed by atoms with van der Waals surface area (Å²) in [7, 11) is 0. The van der Waals surface area contributed by atoms with Gasteiger partial charge >= 0.3 is 0 Å². The number of primary amides is 1. The maximum Gasteiger partial charge on any atom is 0.240 e. The molecule has 0 bridgehead atoms. The van der Waals surface area contributed by atoms with Crippen molar-refractivity contribution in [3.8, 4) is 0 Å². The molecule has 2 N–H and O–H groups in total. The topological polar surface area (TPSA) is 63.4 Å². The normalized spacial score (nSPS) is 25.3. The molecule has 1 aliphatic carbocycles. The monoisotopic (exact) mass is 224 g/mol. The zero-order valence-electron chi connectivity index (χ0n) is 9.87. The van der Waals surface area contributed by atoms with E-state index in [4.69, 9.17) is 5.73 Å². The van der Waals surface area contributed by atoms with Crippen molar-refractivity contribution >= 4 is 11.8 Å². The first-order chi connectivity index (χ1) is 7.58. The van der Waals surface area contributed by atoms with E-state index in [0.717, 1.165) is 19.4 Å². The van der Waals surface area contributed by atoms with E-state index in [1.165, 1.54) is 12.8 Å². The molecule has 1 unspecified atom stereocenters. The number of rotatable bonds is 3. The van der Waals surface area contributed by atoms with Gasteiger partial charge in [-0.15, -0.1) is 0 Å². The summed E-state index contributed by atoms with van der Waals surface area (Å²) in [6.07, 6.45) is 5.94. The summed E-state index contributed by atoms with van der Waals surface area (Å²) in [5.41, 5.74) is 5.51. The summed E-state index contributed by atoms with van der Waals surface area (Å²) >= 11 is 0. The van der Waals surface area contributed by atoms with Crippen LogP contribution in [-0.2, 0) is 9.59 Å². The zero-order valence-corrected chi connectivity index (χ0v) is 9.87. The van der Waals surface area contributed by atoms with E-state index in [2.05, 4.69) is 0 Å². The Bertz CT molecular complexity index is 308. The molecular weight excluding hydrogens is 204 g/mol. The van der Waals surface area contributed by atoms with E-state index < -0.39 is 6.04 Å². The van der Waals surface area contributed by atoms with Gasteiger partial charge in [0.25, 0.3) is 0 Å². The van der Waals surface area contributed by atoms with Crippen LogP contribution >= 0.6 is 0 Å². The molecule has 0 aromatic heterocycles. The fourth-order valence-corrected chi connectivity index (χ4v) is 3.25. The van der Waals surface area contributed by atoms with E-state index in [1.54, 1.807) is 4.90 Å². The lowest BCUT2D eigenvalue weighted by Crippen LogP contribution is -2.45. The summed E-state index contributed by atoms with van der Waals surface area (Å²) in [5.74, 6) is -0.251. The van der Waals surface area contributed by atoms with Gasteiger partial charge in [0.1, 0.15) is 6.04 Å². The molecule has 2 aliphatic rings. The van der Waals surface area contributed by atoms with E-state index >= 15 is 0 Å². The molecule has 1 saturated heterocycles. The predicted octanol–water partition coefficient (Wildman–Crippen LogP) is 1.04. The molecule has 4 nitrogen and oxygen atoms in total. The molecule has 2 amide bonds. The SMILES string of the molecule is CCC(C(N)=O)N1CC2(CCCC2)CC1=O. The highest BCUT2D eigenvalue weighted by atomic mass is 16.2. The third-order valence-electron chi connectivity index (χ3n) is 4.11. The maximum atomic E-state index is 12.0. The summed E-state index contributed by atoms with van der Waals surface area (Å²) < 4.78 is 0. The molecule has 1 spiro atoms. The molecule has 1 aliphatic heterocycles. The molecule has 1 saturated carbocycles. The van der Waals surface area contributed by atoms with Gasteiger partial charge in [-0.3, -0.25) is 9.59 Å². The van der Waals surface area contributed by atoms with E-state index in [-0.39, 0.29) is 17.2 Å². The number of likely N-dealkylation sites (tertiary alicyclic amines) is 1. The molecule has 90 valence electrons. The van der Waals surface area contributed by atoms with Crippen molar-refractivity contribution in [1.82, 2.24) is 4.90 Å². The minimum atomic E-state index is -0.396. The molecule has 4 heteroatoms. The third-order valence-corrected chi connectivity index (χ3v) is 4.11. The highest BCUT2D eigenvalue weighted by Crippen LogP contribution is 2.46. The molecular formula is C12H20N2O2. The lowest BCUT2D eigenvalue weighted by Gasteiger charge is -2.27. The molecule has 0 radical (unpaired) electrons. The van der Waals surface area contributed by atoms with Gasteiger partial charge in [0.05, 0.1) is 0 Å². The van der Waals surface area contributed by atoms with Crippen LogP contribution in [0, 0.1) is 5.41 Å². The summed E-state index contributed by atoms with van der Waals surface area (Å²) in [6, 6.07) is -0.396. The first kappa shape index (κ1) is 11.4. The number of hydrogen-bond donors (Lipinski definition) is 1. The van der Waals surface area contributed by atoms with Crippen LogP contribution < -0.4 is 5.73 Å². The Kier molecular flexibility index (Phi) is 2.91. The number of carbonyl (C=O) groups excluding carboxylic acids is 2. The maximum absolute atomic E-state index is 12.0. The summed E-state index contributed by atoms with van der Waals surface area (Å²) in [5, 5.41) is 0. The van der Waals surface area contributed by atoms with Gasteiger partial charge in [0.15, 0.2) is 0 Å². The highest BCUT2D eigenvalue weighted by molar-refractivity contribution is 5.88. The lowest BCUT2D eigenvalue weighted by atomic mass is 9.85. The van der Waals surface area contributed by atoms with Gasteiger partial charge in [-0.05, 0) is 24.7 Å². The van der Waals surface area contributed by atoms with Crippen LogP contribution in [0.3, 0.4) is 0 Å². The van der Waals surface area contributed by atoms with Gasteiger partial charge in [-0.2, -0.15) is 0 Å². The number of nitrogens with zero attached hydrogens (tertiary/aromatic N) is 1. The molecule has 16 heavy (non-hydrogen) atoms. The first-order valence-corrected chi connectivity index (χ1v) is 6.17. The Hall–Kier alpha value is -1.06. The Morgan fingerprint density at radius 3 is 2.62 bits per heavy atom. The minimum absolute atomic E-state index is 0.118. The number of carbonyl (C=O) groups is 2. The molecule has 1 atom stereocenters. The van der Waals surface area contributed by atoms with Crippen molar-refractivity contribution in [3.05, 3.63) is 0 Å². The summed E-state index contributed by atoms with van der Waals surface area (Å²) in [6.45, 7) is 2.65. The average Bonchev–Trinajstić information content (AvgIpc) is 2.77. The van der Waals surface area contributed by atoms with E-state index in [1.807, 2.05) is 6.92 Å². The van der Waals surface area contributed by atoms with E-state index in [0.29, 0.717) is 12.8 Å². The first-order valence-electron chi connectivity index (χ1n) is 6.17. The lowest BCUT2D eigenvalue weighted by molar-refractivity contribution is -0.136. The number of nitrogens with two attached hydrogens (primary N) is 1. The van der Waals surface area contributed by atoms with Gasteiger partial charge in [0, 0.05) is 13.0 Å².